The number of hydrogen-bond acceptors (Lipinski definition) is 3. The van der Waals surface area contributed by atoms with Crippen LogP contribution in [0.4, 0.5) is 0 Å². The highest BCUT2D eigenvalue weighted by molar-refractivity contribution is 7.10. The third-order valence-electron chi connectivity index (χ3n) is 4.70. The molecule has 1 N–H and O–H groups in total. The lowest BCUT2D eigenvalue weighted by molar-refractivity contribution is 0.0943. The molecule has 1 atom stereocenters. The van der Waals surface area contributed by atoms with Crippen LogP contribution in [0.25, 0.3) is 0 Å². The van der Waals surface area contributed by atoms with E-state index in [1.54, 1.807) is 16.0 Å². The Balaban J connectivity index is 1.62. The Hall–Kier alpha value is -2.89. The number of aromatic nitrogens is 2. The molecule has 0 aliphatic carbocycles. The molecule has 6 heteroatoms. The number of aryl methyl sites for hydroxylation is 1. The summed E-state index contributed by atoms with van der Waals surface area (Å²) in [5.41, 5.74) is 3.12. The molecule has 2 aromatic carbocycles. The minimum absolute atomic E-state index is 0.228. The van der Waals surface area contributed by atoms with Crippen molar-refractivity contribution >= 4 is 28.8 Å². The summed E-state index contributed by atoms with van der Waals surface area (Å²) >= 11 is 8.18. The van der Waals surface area contributed by atoms with Gasteiger partial charge in [-0.1, -0.05) is 78.3 Å². The van der Waals surface area contributed by atoms with Gasteiger partial charge in [-0.2, -0.15) is 5.10 Å². The second kappa shape index (κ2) is 8.64. The van der Waals surface area contributed by atoms with Gasteiger partial charge in [-0.05, 0) is 29.5 Å². The molecule has 4 rings (SSSR count). The molecule has 146 valence electrons. The van der Waals surface area contributed by atoms with Crippen molar-refractivity contribution in [2.24, 2.45) is 0 Å². The van der Waals surface area contributed by atoms with E-state index in [0.717, 1.165) is 16.0 Å². The number of hydrogen-bond donors (Lipinski definition) is 1. The van der Waals surface area contributed by atoms with Crippen LogP contribution in [0.2, 0.25) is 5.15 Å². The van der Waals surface area contributed by atoms with Crippen LogP contribution in [-0.4, -0.2) is 15.7 Å². The van der Waals surface area contributed by atoms with E-state index in [1.165, 1.54) is 0 Å². The first kappa shape index (κ1) is 19.4. The van der Waals surface area contributed by atoms with Crippen molar-refractivity contribution in [2.75, 3.05) is 0 Å². The topological polar surface area (TPSA) is 46.9 Å². The average molecular weight is 422 g/mol. The van der Waals surface area contributed by atoms with Gasteiger partial charge in [0.15, 0.2) is 0 Å². The van der Waals surface area contributed by atoms with E-state index in [2.05, 4.69) is 10.4 Å². The molecular formula is C23H20ClN3OS. The van der Waals surface area contributed by atoms with Gasteiger partial charge in [-0.25, -0.2) is 4.68 Å². The molecule has 0 fully saturated rings. The minimum Gasteiger partial charge on any atom is -0.340 e. The minimum atomic E-state index is -0.239. The van der Waals surface area contributed by atoms with Crippen LogP contribution in [0, 0.1) is 6.92 Å². The van der Waals surface area contributed by atoms with E-state index in [9.17, 15) is 4.79 Å². The largest absolute Gasteiger partial charge is 0.340 e. The van der Waals surface area contributed by atoms with Crippen molar-refractivity contribution < 1.29 is 4.79 Å². The van der Waals surface area contributed by atoms with E-state index >= 15 is 0 Å². The lowest BCUT2D eigenvalue weighted by atomic mass is 10.0. The Bertz CT molecular complexity index is 1090. The summed E-state index contributed by atoms with van der Waals surface area (Å²) in [5, 5.41) is 10.00. The van der Waals surface area contributed by atoms with Crippen molar-refractivity contribution in [3.8, 4) is 0 Å². The zero-order chi connectivity index (χ0) is 20.2. The van der Waals surface area contributed by atoms with Gasteiger partial charge >= 0.3 is 0 Å². The number of carbonyl (C=O) groups excluding carboxylic acids is 1. The summed E-state index contributed by atoms with van der Waals surface area (Å²) in [6.45, 7) is 2.33. The standard InChI is InChI=1S/C23H20ClN3OS/c1-16-20(22(24)27(26-16)15-17-9-4-2-5-10-17)23(28)25-21(19-13-8-14-29-19)18-11-6-3-7-12-18/h2-14,21H,15H2,1H3,(H,25,28)/t21-/m1/s1. The van der Waals surface area contributed by atoms with Crippen LogP contribution >= 0.6 is 22.9 Å². The molecule has 1 amide bonds. The second-order valence-corrected chi connectivity index (χ2v) is 8.06. The molecule has 0 saturated heterocycles. The maximum atomic E-state index is 13.2. The van der Waals surface area contributed by atoms with Gasteiger partial charge < -0.3 is 5.32 Å². The van der Waals surface area contributed by atoms with Crippen LogP contribution in [-0.2, 0) is 6.54 Å². The fraction of sp³-hybridized carbons (Fsp3) is 0.130. The molecule has 0 unspecified atom stereocenters. The van der Waals surface area contributed by atoms with Crippen LogP contribution in [0.3, 0.4) is 0 Å². The van der Waals surface area contributed by atoms with Crippen LogP contribution < -0.4 is 5.32 Å². The van der Waals surface area contributed by atoms with Gasteiger partial charge in [0.1, 0.15) is 5.15 Å². The molecule has 0 saturated carbocycles. The van der Waals surface area contributed by atoms with Crippen LogP contribution in [0.15, 0.2) is 78.2 Å². The normalized spacial score (nSPS) is 11.9. The SMILES string of the molecule is Cc1nn(Cc2ccccc2)c(Cl)c1C(=O)N[C@H](c1ccccc1)c1cccs1. The molecule has 2 heterocycles. The third-order valence-corrected chi connectivity index (χ3v) is 6.02. The monoisotopic (exact) mass is 421 g/mol. The van der Waals surface area contributed by atoms with Crippen molar-refractivity contribution in [1.82, 2.24) is 15.1 Å². The van der Waals surface area contributed by atoms with Gasteiger partial charge in [0.2, 0.25) is 0 Å². The fourth-order valence-electron chi connectivity index (χ4n) is 3.30. The van der Waals surface area contributed by atoms with Gasteiger partial charge in [0, 0.05) is 4.88 Å². The number of nitrogens with zero attached hydrogens (tertiary/aromatic N) is 2. The lowest BCUT2D eigenvalue weighted by Crippen LogP contribution is -2.29. The Kier molecular flexibility index (Phi) is 5.79. The zero-order valence-corrected chi connectivity index (χ0v) is 17.5. The Morgan fingerprint density at radius 3 is 2.41 bits per heavy atom. The van der Waals surface area contributed by atoms with E-state index in [-0.39, 0.29) is 11.9 Å². The number of benzene rings is 2. The Morgan fingerprint density at radius 2 is 1.76 bits per heavy atom. The van der Waals surface area contributed by atoms with E-state index in [4.69, 9.17) is 11.6 Å². The molecule has 0 aliphatic rings. The van der Waals surface area contributed by atoms with Crippen molar-refractivity contribution in [3.05, 3.63) is 111 Å². The quantitative estimate of drug-likeness (QED) is 0.448. The number of halogens is 1. The van der Waals surface area contributed by atoms with E-state index < -0.39 is 0 Å². The molecule has 2 aromatic heterocycles. The molecule has 4 nitrogen and oxygen atoms in total. The van der Waals surface area contributed by atoms with Crippen molar-refractivity contribution in [3.63, 3.8) is 0 Å². The van der Waals surface area contributed by atoms with Gasteiger partial charge in [0.05, 0.1) is 23.8 Å². The number of rotatable bonds is 6. The first-order chi connectivity index (χ1) is 14.1. The smallest absolute Gasteiger partial charge is 0.257 e. The Morgan fingerprint density at radius 1 is 1.07 bits per heavy atom. The number of carbonyl (C=O) groups is 1. The molecular weight excluding hydrogens is 402 g/mol. The highest BCUT2D eigenvalue weighted by Gasteiger charge is 2.24. The second-order valence-electron chi connectivity index (χ2n) is 6.73. The highest BCUT2D eigenvalue weighted by Crippen LogP contribution is 2.28. The summed E-state index contributed by atoms with van der Waals surface area (Å²) in [6, 6.07) is 23.6. The predicted octanol–water partition coefficient (Wildman–Crippen LogP) is 5.47. The average Bonchev–Trinajstić information content (AvgIpc) is 3.36. The predicted molar refractivity (Wildman–Crippen MR) is 118 cm³/mol. The summed E-state index contributed by atoms with van der Waals surface area (Å²) in [5.74, 6) is -0.228. The molecule has 0 aliphatic heterocycles. The fourth-order valence-corrected chi connectivity index (χ4v) is 4.42. The zero-order valence-electron chi connectivity index (χ0n) is 15.9. The number of amides is 1. The molecule has 0 spiro atoms. The molecule has 4 aromatic rings. The summed E-state index contributed by atoms with van der Waals surface area (Å²) in [6.07, 6.45) is 0. The summed E-state index contributed by atoms with van der Waals surface area (Å²) in [4.78, 5) is 14.3. The molecule has 0 radical (unpaired) electrons. The van der Waals surface area contributed by atoms with Crippen molar-refractivity contribution in [1.29, 1.82) is 0 Å². The third kappa shape index (κ3) is 4.26. The van der Waals surface area contributed by atoms with Gasteiger partial charge in [-0.3, -0.25) is 4.79 Å². The van der Waals surface area contributed by atoms with Crippen LogP contribution in [0.5, 0.6) is 0 Å². The maximum Gasteiger partial charge on any atom is 0.257 e. The molecule has 0 bridgehead atoms. The summed E-state index contributed by atoms with van der Waals surface area (Å²) < 4.78 is 1.67. The number of nitrogens with one attached hydrogen (secondary N) is 1. The lowest BCUT2D eigenvalue weighted by Gasteiger charge is -2.18. The summed E-state index contributed by atoms with van der Waals surface area (Å²) in [7, 11) is 0. The van der Waals surface area contributed by atoms with E-state index in [0.29, 0.717) is 23.0 Å². The van der Waals surface area contributed by atoms with Crippen LogP contribution in [0.1, 0.15) is 38.1 Å². The first-order valence-electron chi connectivity index (χ1n) is 9.29. The highest BCUT2D eigenvalue weighted by atomic mass is 35.5. The van der Waals surface area contributed by atoms with Gasteiger partial charge in [-0.15, -0.1) is 11.3 Å². The van der Waals surface area contributed by atoms with E-state index in [1.807, 2.05) is 85.1 Å². The Labute approximate surface area is 178 Å². The van der Waals surface area contributed by atoms with Gasteiger partial charge in [0.25, 0.3) is 5.91 Å². The maximum absolute atomic E-state index is 13.2. The molecule has 29 heavy (non-hydrogen) atoms. The first-order valence-corrected chi connectivity index (χ1v) is 10.6. The van der Waals surface area contributed by atoms with Crippen molar-refractivity contribution in [2.45, 2.75) is 19.5 Å². The number of thiophene rings is 1.